The summed E-state index contributed by atoms with van der Waals surface area (Å²) in [6, 6.07) is 2.50. The van der Waals surface area contributed by atoms with Gasteiger partial charge in [-0.3, -0.25) is 15.2 Å². The van der Waals surface area contributed by atoms with Gasteiger partial charge in [0.05, 0.1) is 29.3 Å². The highest BCUT2D eigenvalue weighted by Crippen LogP contribution is 2.23. The summed E-state index contributed by atoms with van der Waals surface area (Å²) in [4.78, 5) is 21.5. The minimum atomic E-state index is -0.641. The highest BCUT2D eigenvalue weighted by Gasteiger charge is 2.18. The van der Waals surface area contributed by atoms with Crippen LogP contribution in [0.1, 0.15) is 10.4 Å². The van der Waals surface area contributed by atoms with Crippen LogP contribution in [0.4, 0.5) is 5.69 Å². The van der Waals surface area contributed by atoms with E-state index in [-0.39, 0.29) is 11.3 Å². The number of carbonyl (C=O) groups is 1. The maximum absolute atomic E-state index is 11.4. The van der Waals surface area contributed by atoms with E-state index in [0.29, 0.717) is 10.9 Å². The quantitative estimate of drug-likeness (QED) is 0.467. The normalized spacial score (nSPS) is 10.3. The molecule has 1 aromatic heterocycles. The molecule has 1 heterocycles. The molecule has 2 rings (SSSR count). The lowest BCUT2D eigenvalue weighted by Gasteiger charge is -2.00. The SMILES string of the molecule is COC(=O)c1cc([N+](=O)[O-])cc2cn[nH]c12. The summed E-state index contributed by atoms with van der Waals surface area (Å²) in [5, 5.41) is 17.5. The zero-order valence-electron chi connectivity index (χ0n) is 8.26. The second-order valence-corrected chi connectivity index (χ2v) is 3.08. The molecule has 0 bridgehead atoms. The number of nitro benzene ring substituents is 1. The van der Waals surface area contributed by atoms with Crippen molar-refractivity contribution in [2.75, 3.05) is 7.11 Å². The number of hydrogen-bond donors (Lipinski definition) is 1. The van der Waals surface area contributed by atoms with Gasteiger partial charge in [-0.25, -0.2) is 4.79 Å². The third kappa shape index (κ3) is 1.48. The average molecular weight is 221 g/mol. The second kappa shape index (κ2) is 3.61. The number of esters is 1. The van der Waals surface area contributed by atoms with Gasteiger partial charge in [0.15, 0.2) is 0 Å². The zero-order chi connectivity index (χ0) is 11.7. The van der Waals surface area contributed by atoms with Crippen LogP contribution in [0.25, 0.3) is 10.9 Å². The third-order valence-electron chi connectivity index (χ3n) is 2.15. The first-order valence-corrected chi connectivity index (χ1v) is 4.33. The van der Waals surface area contributed by atoms with Gasteiger partial charge < -0.3 is 4.74 Å². The average Bonchev–Trinajstić information content (AvgIpc) is 2.74. The molecule has 82 valence electrons. The van der Waals surface area contributed by atoms with E-state index in [1.165, 1.54) is 19.4 Å². The van der Waals surface area contributed by atoms with E-state index in [2.05, 4.69) is 14.9 Å². The van der Waals surface area contributed by atoms with Crippen LogP contribution in [0.2, 0.25) is 0 Å². The van der Waals surface area contributed by atoms with Gasteiger partial charge in [0.2, 0.25) is 0 Å². The molecule has 0 radical (unpaired) electrons. The van der Waals surface area contributed by atoms with Crippen molar-refractivity contribution in [2.24, 2.45) is 0 Å². The van der Waals surface area contributed by atoms with Crippen molar-refractivity contribution in [1.29, 1.82) is 0 Å². The monoisotopic (exact) mass is 221 g/mol. The number of ether oxygens (including phenoxy) is 1. The summed E-state index contributed by atoms with van der Waals surface area (Å²) in [7, 11) is 1.21. The third-order valence-corrected chi connectivity index (χ3v) is 2.15. The van der Waals surface area contributed by atoms with Crippen LogP contribution in [0, 0.1) is 10.1 Å². The van der Waals surface area contributed by atoms with Gasteiger partial charge in [-0.15, -0.1) is 0 Å². The number of aromatic nitrogens is 2. The van der Waals surface area contributed by atoms with Crippen molar-refractivity contribution in [3.8, 4) is 0 Å². The fourth-order valence-electron chi connectivity index (χ4n) is 1.42. The van der Waals surface area contributed by atoms with Crippen LogP contribution >= 0.6 is 0 Å². The molecule has 0 unspecified atom stereocenters. The molecule has 1 aromatic carbocycles. The van der Waals surface area contributed by atoms with Gasteiger partial charge in [0.1, 0.15) is 0 Å². The van der Waals surface area contributed by atoms with Crippen LogP contribution in [-0.2, 0) is 4.74 Å². The molecule has 0 amide bonds. The molecular formula is C9H7N3O4. The number of nitro groups is 1. The van der Waals surface area contributed by atoms with E-state index in [0.717, 1.165) is 6.07 Å². The van der Waals surface area contributed by atoms with Crippen molar-refractivity contribution in [3.63, 3.8) is 0 Å². The number of rotatable bonds is 2. The Balaban J connectivity index is 2.73. The summed E-state index contributed by atoms with van der Waals surface area (Å²) >= 11 is 0. The Morgan fingerprint density at radius 3 is 2.94 bits per heavy atom. The summed E-state index contributed by atoms with van der Waals surface area (Å²) < 4.78 is 4.54. The molecule has 0 saturated carbocycles. The van der Waals surface area contributed by atoms with Gasteiger partial charge in [-0.2, -0.15) is 5.10 Å². The number of fused-ring (bicyclic) bond motifs is 1. The molecule has 1 N–H and O–H groups in total. The lowest BCUT2D eigenvalue weighted by molar-refractivity contribution is -0.384. The fraction of sp³-hybridized carbons (Fsp3) is 0.111. The number of nitrogens with zero attached hydrogens (tertiary/aromatic N) is 2. The number of aromatic amines is 1. The van der Waals surface area contributed by atoms with Gasteiger partial charge in [0, 0.05) is 17.5 Å². The summed E-state index contributed by atoms with van der Waals surface area (Å²) in [6.07, 6.45) is 1.41. The molecular weight excluding hydrogens is 214 g/mol. The number of hydrogen-bond acceptors (Lipinski definition) is 5. The molecule has 16 heavy (non-hydrogen) atoms. The first kappa shape index (κ1) is 10.1. The minimum Gasteiger partial charge on any atom is -0.465 e. The fourth-order valence-corrected chi connectivity index (χ4v) is 1.42. The van der Waals surface area contributed by atoms with Crippen LogP contribution in [-0.4, -0.2) is 28.2 Å². The zero-order valence-corrected chi connectivity index (χ0v) is 8.26. The van der Waals surface area contributed by atoms with Gasteiger partial charge in [-0.1, -0.05) is 0 Å². The summed E-state index contributed by atoms with van der Waals surface area (Å²) in [5.74, 6) is -0.641. The second-order valence-electron chi connectivity index (χ2n) is 3.08. The maximum Gasteiger partial charge on any atom is 0.340 e. The van der Waals surface area contributed by atoms with Crippen molar-refractivity contribution >= 4 is 22.6 Å². The number of non-ortho nitro benzene ring substituents is 1. The van der Waals surface area contributed by atoms with Crippen LogP contribution in [0.15, 0.2) is 18.3 Å². The summed E-state index contributed by atoms with van der Waals surface area (Å²) in [5.41, 5.74) is 0.357. The number of H-pyrrole nitrogens is 1. The molecule has 7 heteroatoms. The Morgan fingerprint density at radius 1 is 1.56 bits per heavy atom. The van der Waals surface area contributed by atoms with Crippen molar-refractivity contribution in [2.45, 2.75) is 0 Å². The lowest BCUT2D eigenvalue weighted by Crippen LogP contribution is -2.03. The molecule has 7 nitrogen and oxygen atoms in total. The molecule has 0 atom stereocenters. The van der Waals surface area contributed by atoms with E-state index >= 15 is 0 Å². The number of nitrogens with one attached hydrogen (secondary N) is 1. The molecule has 0 fully saturated rings. The summed E-state index contributed by atoms with van der Waals surface area (Å²) in [6.45, 7) is 0. The van der Waals surface area contributed by atoms with Crippen LogP contribution in [0.3, 0.4) is 0 Å². The predicted octanol–water partition coefficient (Wildman–Crippen LogP) is 1.26. The van der Waals surface area contributed by atoms with Gasteiger partial charge in [-0.05, 0) is 0 Å². The number of carbonyl (C=O) groups excluding carboxylic acids is 1. The van der Waals surface area contributed by atoms with Crippen LogP contribution in [0.5, 0.6) is 0 Å². The molecule has 0 saturated heterocycles. The van der Waals surface area contributed by atoms with E-state index in [4.69, 9.17) is 0 Å². The van der Waals surface area contributed by atoms with Crippen molar-refractivity contribution < 1.29 is 14.5 Å². The van der Waals surface area contributed by atoms with Crippen molar-refractivity contribution in [3.05, 3.63) is 34.0 Å². The minimum absolute atomic E-state index is 0.101. The lowest BCUT2D eigenvalue weighted by atomic mass is 10.1. The first-order valence-electron chi connectivity index (χ1n) is 4.33. The number of benzene rings is 1. The predicted molar refractivity (Wildman–Crippen MR) is 54.1 cm³/mol. The molecule has 0 aliphatic carbocycles. The van der Waals surface area contributed by atoms with Crippen molar-refractivity contribution in [1.82, 2.24) is 10.2 Å². The topological polar surface area (TPSA) is 98.1 Å². The Morgan fingerprint density at radius 2 is 2.31 bits per heavy atom. The smallest absolute Gasteiger partial charge is 0.340 e. The molecule has 0 aliphatic heterocycles. The van der Waals surface area contributed by atoms with E-state index in [1.54, 1.807) is 0 Å². The number of methoxy groups -OCH3 is 1. The standard InChI is InChI=1S/C9H7N3O4/c1-16-9(13)7-3-6(12(14)15)2-5-4-10-11-8(5)7/h2-4H,1H3,(H,10,11). The molecule has 2 aromatic rings. The molecule has 0 spiro atoms. The maximum atomic E-state index is 11.4. The Bertz CT molecular complexity index is 575. The Kier molecular flexibility index (Phi) is 2.28. The first-order chi connectivity index (χ1) is 7.63. The highest BCUT2D eigenvalue weighted by molar-refractivity contribution is 6.03. The Hall–Kier alpha value is -2.44. The van der Waals surface area contributed by atoms with E-state index < -0.39 is 10.9 Å². The Labute approximate surface area is 89.2 Å². The van der Waals surface area contributed by atoms with Gasteiger partial charge >= 0.3 is 5.97 Å². The van der Waals surface area contributed by atoms with Gasteiger partial charge in [0.25, 0.3) is 5.69 Å². The molecule has 0 aliphatic rings. The largest absolute Gasteiger partial charge is 0.465 e. The van der Waals surface area contributed by atoms with E-state index in [1.807, 2.05) is 0 Å². The van der Waals surface area contributed by atoms with Crippen LogP contribution < -0.4 is 0 Å². The highest BCUT2D eigenvalue weighted by atomic mass is 16.6. The van der Waals surface area contributed by atoms with E-state index in [9.17, 15) is 14.9 Å².